The van der Waals surface area contributed by atoms with Crippen molar-refractivity contribution < 1.29 is 9.15 Å². The second-order valence-electron chi connectivity index (χ2n) is 4.63. The molecule has 6 nitrogen and oxygen atoms in total. The fourth-order valence-corrected chi connectivity index (χ4v) is 2.15. The van der Waals surface area contributed by atoms with Crippen LogP contribution in [-0.4, -0.2) is 33.2 Å². The minimum atomic E-state index is 0.233. The molecule has 0 bridgehead atoms. The largest absolute Gasteiger partial charge is 0.420 e. The first-order valence-electron chi connectivity index (χ1n) is 6.16. The molecule has 0 spiro atoms. The Balaban J connectivity index is 1.87. The van der Waals surface area contributed by atoms with Crippen LogP contribution >= 0.6 is 0 Å². The molecule has 1 saturated heterocycles. The minimum Gasteiger partial charge on any atom is -0.420 e. The van der Waals surface area contributed by atoms with E-state index in [-0.39, 0.29) is 5.92 Å². The third-order valence-corrected chi connectivity index (χ3v) is 3.42. The predicted octanol–water partition coefficient (Wildman–Crippen LogP) is 1.67. The zero-order chi connectivity index (χ0) is 12.5. The van der Waals surface area contributed by atoms with Gasteiger partial charge in [0.15, 0.2) is 0 Å². The first kappa shape index (κ1) is 11.4. The molecule has 0 radical (unpaired) electrons. The number of hydrogen-bond acceptors (Lipinski definition) is 5. The molecule has 2 aromatic heterocycles. The van der Waals surface area contributed by atoms with E-state index in [0.29, 0.717) is 18.4 Å². The van der Waals surface area contributed by atoms with E-state index in [9.17, 15) is 0 Å². The van der Waals surface area contributed by atoms with E-state index in [4.69, 9.17) is 9.15 Å². The van der Waals surface area contributed by atoms with E-state index in [1.165, 1.54) is 0 Å². The maximum absolute atomic E-state index is 5.75. The molecule has 0 N–H and O–H groups in total. The van der Waals surface area contributed by atoms with Crippen molar-refractivity contribution in [3.05, 3.63) is 17.8 Å². The molecule has 1 fully saturated rings. The van der Waals surface area contributed by atoms with Gasteiger partial charge in [-0.3, -0.25) is 4.68 Å². The van der Waals surface area contributed by atoms with Crippen molar-refractivity contribution in [1.82, 2.24) is 20.0 Å². The van der Waals surface area contributed by atoms with Crippen LogP contribution < -0.4 is 0 Å². The summed E-state index contributed by atoms with van der Waals surface area (Å²) in [5, 5.41) is 12.4. The van der Waals surface area contributed by atoms with Crippen LogP contribution in [0.5, 0.6) is 0 Å². The van der Waals surface area contributed by atoms with Crippen LogP contribution in [-0.2, 0) is 11.8 Å². The van der Waals surface area contributed by atoms with E-state index in [1.807, 2.05) is 14.0 Å². The third kappa shape index (κ3) is 1.92. The predicted molar refractivity (Wildman–Crippen MR) is 64.0 cm³/mol. The zero-order valence-corrected chi connectivity index (χ0v) is 10.6. The minimum absolute atomic E-state index is 0.233. The Hall–Kier alpha value is -1.69. The van der Waals surface area contributed by atoms with Gasteiger partial charge < -0.3 is 9.15 Å². The van der Waals surface area contributed by atoms with E-state index >= 15 is 0 Å². The molecule has 3 heterocycles. The lowest BCUT2D eigenvalue weighted by atomic mass is 10.0. The highest BCUT2D eigenvalue weighted by Crippen LogP contribution is 2.28. The summed E-state index contributed by atoms with van der Waals surface area (Å²) in [6, 6.07) is 0. The summed E-state index contributed by atoms with van der Waals surface area (Å²) in [7, 11) is 1.89. The van der Waals surface area contributed by atoms with E-state index < -0.39 is 0 Å². The molecule has 1 aliphatic rings. The van der Waals surface area contributed by atoms with Gasteiger partial charge in [0.05, 0.1) is 24.3 Å². The van der Waals surface area contributed by atoms with Crippen LogP contribution in [0.4, 0.5) is 0 Å². The number of hydrogen-bond donors (Lipinski definition) is 0. The second-order valence-corrected chi connectivity index (χ2v) is 4.63. The topological polar surface area (TPSA) is 66.0 Å². The summed E-state index contributed by atoms with van der Waals surface area (Å²) in [4.78, 5) is 0. The molecular weight excluding hydrogens is 232 g/mol. The van der Waals surface area contributed by atoms with Gasteiger partial charge in [0.1, 0.15) is 0 Å². The fourth-order valence-electron chi connectivity index (χ4n) is 2.15. The highest BCUT2D eigenvalue weighted by molar-refractivity contribution is 5.54. The zero-order valence-electron chi connectivity index (χ0n) is 10.6. The van der Waals surface area contributed by atoms with Gasteiger partial charge >= 0.3 is 0 Å². The number of aromatic nitrogens is 4. The molecule has 18 heavy (non-hydrogen) atoms. The van der Waals surface area contributed by atoms with E-state index in [1.54, 1.807) is 10.9 Å². The monoisotopic (exact) mass is 248 g/mol. The smallest absolute Gasteiger partial charge is 0.251 e. The van der Waals surface area contributed by atoms with Gasteiger partial charge in [0, 0.05) is 19.3 Å². The van der Waals surface area contributed by atoms with Gasteiger partial charge in [0.25, 0.3) is 5.89 Å². The van der Waals surface area contributed by atoms with Gasteiger partial charge in [-0.25, -0.2) is 0 Å². The Morgan fingerprint density at radius 2 is 2.28 bits per heavy atom. The highest BCUT2D eigenvalue weighted by Gasteiger charge is 2.23. The maximum atomic E-state index is 5.75. The van der Waals surface area contributed by atoms with Gasteiger partial charge in [-0.15, -0.1) is 10.2 Å². The summed E-state index contributed by atoms with van der Waals surface area (Å²) < 4.78 is 13.0. The summed E-state index contributed by atoms with van der Waals surface area (Å²) in [6.07, 6.45) is 3.85. The molecule has 0 amide bonds. The second kappa shape index (κ2) is 4.53. The number of rotatable bonds is 2. The quantitative estimate of drug-likeness (QED) is 0.808. The average molecular weight is 248 g/mol. The van der Waals surface area contributed by atoms with Crippen LogP contribution in [0.15, 0.2) is 10.6 Å². The molecule has 96 valence electrons. The molecule has 2 aromatic rings. The SMILES string of the molecule is Cc1c(-c2nnc(C3CCCOC3)o2)cnn1C. The molecule has 0 saturated carbocycles. The lowest BCUT2D eigenvalue weighted by Gasteiger charge is -2.18. The fraction of sp³-hybridized carbons (Fsp3) is 0.583. The van der Waals surface area contributed by atoms with Crippen LogP contribution in [0.3, 0.4) is 0 Å². The number of nitrogens with zero attached hydrogens (tertiary/aromatic N) is 4. The lowest BCUT2D eigenvalue weighted by molar-refractivity contribution is 0.0727. The van der Waals surface area contributed by atoms with Crippen LogP contribution in [0.25, 0.3) is 11.5 Å². The maximum Gasteiger partial charge on any atom is 0.251 e. The highest BCUT2D eigenvalue weighted by atomic mass is 16.5. The lowest BCUT2D eigenvalue weighted by Crippen LogP contribution is -2.15. The van der Waals surface area contributed by atoms with Crippen molar-refractivity contribution in [2.75, 3.05) is 13.2 Å². The van der Waals surface area contributed by atoms with Crippen LogP contribution in [0.2, 0.25) is 0 Å². The summed E-state index contributed by atoms with van der Waals surface area (Å²) in [5.41, 5.74) is 1.91. The van der Waals surface area contributed by atoms with Crippen molar-refractivity contribution in [2.24, 2.45) is 7.05 Å². The molecule has 0 aliphatic carbocycles. The summed E-state index contributed by atoms with van der Waals surface area (Å²) >= 11 is 0. The third-order valence-electron chi connectivity index (χ3n) is 3.42. The number of ether oxygens (including phenoxy) is 1. The Labute approximate surface area is 105 Å². The van der Waals surface area contributed by atoms with Crippen LogP contribution in [0, 0.1) is 6.92 Å². The van der Waals surface area contributed by atoms with Crippen molar-refractivity contribution in [2.45, 2.75) is 25.7 Å². The van der Waals surface area contributed by atoms with Crippen LogP contribution in [0.1, 0.15) is 30.3 Å². The molecule has 6 heteroatoms. The molecular formula is C12H16N4O2. The summed E-state index contributed by atoms with van der Waals surface area (Å²) in [5.74, 6) is 1.45. The summed E-state index contributed by atoms with van der Waals surface area (Å²) in [6.45, 7) is 3.49. The van der Waals surface area contributed by atoms with Gasteiger partial charge in [-0.05, 0) is 19.8 Å². The number of aryl methyl sites for hydroxylation is 1. The molecule has 1 atom stereocenters. The van der Waals surface area contributed by atoms with Gasteiger partial charge in [-0.1, -0.05) is 0 Å². The Morgan fingerprint density at radius 3 is 2.94 bits per heavy atom. The normalized spacial score (nSPS) is 20.2. The first-order chi connectivity index (χ1) is 8.75. The standard InChI is InChI=1S/C12H16N4O2/c1-8-10(6-13-16(8)2)12-15-14-11(18-12)9-4-3-5-17-7-9/h6,9H,3-5,7H2,1-2H3. The molecule has 3 rings (SSSR count). The molecule has 0 aromatic carbocycles. The Morgan fingerprint density at radius 1 is 1.39 bits per heavy atom. The van der Waals surface area contributed by atoms with E-state index in [0.717, 1.165) is 30.7 Å². The van der Waals surface area contributed by atoms with Crippen molar-refractivity contribution in [3.63, 3.8) is 0 Å². The van der Waals surface area contributed by atoms with Crippen molar-refractivity contribution in [3.8, 4) is 11.5 Å². The Kier molecular flexibility index (Phi) is 2.87. The van der Waals surface area contributed by atoms with Crippen molar-refractivity contribution in [1.29, 1.82) is 0 Å². The Bertz CT molecular complexity index is 540. The first-order valence-corrected chi connectivity index (χ1v) is 6.16. The average Bonchev–Trinajstić information content (AvgIpc) is 3.00. The molecule has 1 aliphatic heterocycles. The molecule has 1 unspecified atom stereocenters. The van der Waals surface area contributed by atoms with Gasteiger partial charge in [0.2, 0.25) is 5.89 Å². The van der Waals surface area contributed by atoms with Gasteiger partial charge in [-0.2, -0.15) is 5.10 Å². The van der Waals surface area contributed by atoms with E-state index in [2.05, 4.69) is 15.3 Å². The van der Waals surface area contributed by atoms with Crippen molar-refractivity contribution >= 4 is 0 Å².